The number of fused-ring (bicyclic) bond motifs is 1. The molecule has 1 N–H and O–H groups in total. The molecule has 1 amide bonds. The first-order chi connectivity index (χ1) is 7.99. The Labute approximate surface area is 102 Å². The van der Waals surface area contributed by atoms with Gasteiger partial charge in [0.1, 0.15) is 0 Å². The maximum Gasteiger partial charge on any atom is 0.270 e. The highest BCUT2D eigenvalue weighted by atomic mass is 32.1. The summed E-state index contributed by atoms with van der Waals surface area (Å²) in [4.78, 5) is 24.0. The molecule has 17 heavy (non-hydrogen) atoms. The Morgan fingerprint density at radius 3 is 2.88 bits per heavy atom. The van der Waals surface area contributed by atoms with Crippen molar-refractivity contribution in [3.8, 4) is 0 Å². The first kappa shape index (κ1) is 11.5. The van der Waals surface area contributed by atoms with Crippen molar-refractivity contribution in [3.05, 3.63) is 33.9 Å². The van der Waals surface area contributed by atoms with Crippen LogP contribution in [0.15, 0.2) is 18.2 Å². The van der Waals surface area contributed by atoms with Gasteiger partial charge in [0, 0.05) is 19.2 Å². The van der Waals surface area contributed by atoms with Crippen molar-refractivity contribution in [3.63, 3.8) is 0 Å². The molecule has 0 fully saturated rings. The van der Waals surface area contributed by atoms with Gasteiger partial charge in [0.2, 0.25) is 0 Å². The number of nitrogens with zero attached hydrogens (tertiary/aromatic N) is 2. The summed E-state index contributed by atoms with van der Waals surface area (Å²) in [5.74, 6) is -0.281. The van der Waals surface area contributed by atoms with E-state index in [4.69, 9.17) is 12.2 Å². The topological polar surface area (TPSA) is 75.5 Å². The van der Waals surface area contributed by atoms with Crippen molar-refractivity contribution in [2.45, 2.75) is 0 Å². The molecule has 88 valence electrons. The largest absolute Gasteiger partial charge is 0.348 e. The number of rotatable bonds is 1. The summed E-state index contributed by atoms with van der Waals surface area (Å²) < 4.78 is 0. The average Bonchev–Trinajstić information content (AvgIpc) is 2.37. The molecule has 0 radical (unpaired) electrons. The van der Waals surface area contributed by atoms with Crippen LogP contribution in [0.4, 0.5) is 11.4 Å². The Balaban J connectivity index is 2.55. The summed E-state index contributed by atoms with van der Waals surface area (Å²) in [6, 6.07) is 4.10. The van der Waals surface area contributed by atoms with E-state index in [1.807, 2.05) is 0 Å². The van der Waals surface area contributed by atoms with E-state index in [2.05, 4.69) is 5.32 Å². The first-order valence-electron chi connectivity index (χ1n) is 4.83. The van der Waals surface area contributed by atoms with E-state index >= 15 is 0 Å². The van der Waals surface area contributed by atoms with Crippen LogP contribution in [0.2, 0.25) is 0 Å². The Kier molecular flexibility index (Phi) is 2.76. The second-order valence-electron chi connectivity index (χ2n) is 3.70. The predicted octanol–water partition coefficient (Wildman–Crippen LogP) is 1.42. The zero-order chi connectivity index (χ0) is 12.6. The smallest absolute Gasteiger partial charge is 0.270 e. The van der Waals surface area contributed by atoms with Crippen molar-refractivity contribution < 1.29 is 9.72 Å². The third kappa shape index (κ3) is 2.09. The lowest BCUT2D eigenvalue weighted by molar-refractivity contribution is -0.384. The lowest BCUT2D eigenvalue weighted by Crippen LogP contribution is -2.30. The molecule has 0 bridgehead atoms. The van der Waals surface area contributed by atoms with Crippen LogP contribution < -0.4 is 5.32 Å². The molecule has 1 heterocycles. The number of nitro benzene ring substituents is 1. The molecule has 1 aliphatic heterocycles. The van der Waals surface area contributed by atoms with Gasteiger partial charge >= 0.3 is 0 Å². The molecule has 2 rings (SSSR count). The zero-order valence-corrected chi connectivity index (χ0v) is 9.78. The Bertz CT molecular complexity index is 530. The number of hydrogen-bond acceptors (Lipinski definition) is 4. The minimum absolute atomic E-state index is 0.111. The molecule has 1 aromatic rings. The highest BCUT2D eigenvalue weighted by Crippen LogP contribution is 2.25. The molecule has 7 heteroatoms. The number of likely N-dealkylation sites (N-methyl/N-ethyl adjacent to an activating group) is 1. The molecule has 0 aliphatic carbocycles. The van der Waals surface area contributed by atoms with E-state index in [-0.39, 0.29) is 17.2 Å². The minimum atomic E-state index is -0.531. The second-order valence-corrected chi connectivity index (χ2v) is 4.19. The number of anilines is 1. The van der Waals surface area contributed by atoms with E-state index in [0.717, 1.165) is 0 Å². The monoisotopic (exact) mass is 251 g/mol. The molecule has 1 aromatic carbocycles. The number of hydrogen-bond donors (Lipinski definition) is 1. The number of carbonyl (C=O) groups excluding carboxylic acids is 1. The summed E-state index contributed by atoms with van der Waals surface area (Å²) in [6.07, 6.45) is 0. The lowest BCUT2D eigenvalue weighted by Gasteiger charge is -2.12. The van der Waals surface area contributed by atoms with Crippen LogP contribution in [0.3, 0.4) is 0 Å². The van der Waals surface area contributed by atoms with Crippen molar-refractivity contribution in [2.24, 2.45) is 0 Å². The number of benzene rings is 1. The molecule has 0 unspecified atom stereocenters. The molecular weight excluding hydrogens is 242 g/mol. The van der Waals surface area contributed by atoms with Gasteiger partial charge in [0.15, 0.2) is 0 Å². The van der Waals surface area contributed by atoms with E-state index in [1.165, 1.54) is 23.1 Å². The van der Waals surface area contributed by atoms with Gasteiger partial charge in [-0.3, -0.25) is 14.9 Å². The van der Waals surface area contributed by atoms with Crippen LogP contribution in [0.25, 0.3) is 0 Å². The van der Waals surface area contributed by atoms with Crippen LogP contribution in [0.1, 0.15) is 10.4 Å². The van der Waals surface area contributed by atoms with E-state index in [9.17, 15) is 14.9 Å². The predicted molar refractivity (Wildman–Crippen MR) is 66.3 cm³/mol. The van der Waals surface area contributed by atoms with Gasteiger partial charge in [0.25, 0.3) is 11.6 Å². The lowest BCUT2D eigenvalue weighted by atomic mass is 10.1. The van der Waals surface area contributed by atoms with Gasteiger partial charge in [-0.1, -0.05) is 12.2 Å². The summed E-state index contributed by atoms with van der Waals surface area (Å²) in [5.41, 5.74) is 0.664. The molecule has 6 nitrogen and oxygen atoms in total. The van der Waals surface area contributed by atoms with E-state index in [0.29, 0.717) is 17.2 Å². The number of thiocarbonyl (C=S) groups is 1. The minimum Gasteiger partial charge on any atom is -0.348 e. The SMILES string of the molecule is CN1CC(=S)Nc2ccc([N+](=O)[O-])cc2C1=O. The zero-order valence-electron chi connectivity index (χ0n) is 8.97. The third-order valence-electron chi connectivity index (χ3n) is 2.45. The van der Waals surface area contributed by atoms with E-state index in [1.54, 1.807) is 7.05 Å². The van der Waals surface area contributed by atoms with Crippen molar-refractivity contribution in [2.75, 3.05) is 18.9 Å². The van der Waals surface area contributed by atoms with Crippen molar-refractivity contribution in [1.29, 1.82) is 0 Å². The second kappa shape index (κ2) is 4.10. The number of nitrogens with one attached hydrogen (secondary N) is 1. The third-order valence-corrected chi connectivity index (χ3v) is 2.68. The van der Waals surface area contributed by atoms with Gasteiger partial charge < -0.3 is 10.2 Å². The van der Waals surface area contributed by atoms with Crippen LogP contribution in [0.5, 0.6) is 0 Å². The quantitative estimate of drug-likeness (QED) is 0.464. The van der Waals surface area contributed by atoms with Gasteiger partial charge in [-0.2, -0.15) is 0 Å². The van der Waals surface area contributed by atoms with Crippen molar-refractivity contribution in [1.82, 2.24) is 4.90 Å². The van der Waals surface area contributed by atoms with Gasteiger partial charge in [-0.25, -0.2) is 0 Å². The van der Waals surface area contributed by atoms with Gasteiger partial charge in [-0.15, -0.1) is 0 Å². The Morgan fingerprint density at radius 2 is 2.24 bits per heavy atom. The molecular formula is C10H9N3O3S. The highest BCUT2D eigenvalue weighted by Gasteiger charge is 2.24. The molecule has 0 saturated heterocycles. The van der Waals surface area contributed by atoms with Crippen LogP contribution in [-0.2, 0) is 0 Å². The fourth-order valence-electron chi connectivity index (χ4n) is 1.61. The van der Waals surface area contributed by atoms with E-state index < -0.39 is 4.92 Å². The first-order valence-corrected chi connectivity index (χ1v) is 5.23. The normalized spacial score (nSPS) is 15.0. The van der Waals surface area contributed by atoms with Gasteiger partial charge in [-0.05, 0) is 6.07 Å². The summed E-state index contributed by atoms with van der Waals surface area (Å²) >= 11 is 5.04. The molecule has 0 saturated carbocycles. The summed E-state index contributed by atoms with van der Waals surface area (Å²) in [5, 5.41) is 13.6. The molecule has 0 spiro atoms. The van der Waals surface area contributed by atoms with Crippen LogP contribution >= 0.6 is 12.2 Å². The number of amides is 1. The highest BCUT2D eigenvalue weighted by molar-refractivity contribution is 7.80. The summed E-state index contributed by atoms with van der Waals surface area (Å²) in [7, 11) is 1.60. The molecule has 0 atom stereocenters. The Morgan fingerprint density at radius 1 is 1.53 bits per heavy atom. The number of nitro groups is 1. The van der Waals surface area contributed by atoms with Crippen LogP contribution in [-0.4, -0.2) is 34.3 Å². The molecule has 0 aromatic heterocycles. The van der Waals surface area contributed by atoms with Crippen LogP contribution in [0, 0.1) is 10.1 Å². The standard InChI is InChI=1S/C10H9N3O3S/c1-12-5-9(17)11-8-3-2-6(13(15)16)4-7(8)10(12)14/h2-4H,5H2,1H3,(H,11,17). The number of non-ortho nitro benzene ring substituents is 1. The Hall–Kier alpha value is -2.02. The fourth-order valence-corrected chi connectivity index (χ4v) is 1.92. The number of carbonyl (C=O) groups is 1. The maximum atomic E-state index is 12.0. The van der Waals surface area contributed by atoms with Crippen molar-refractivity contribution >= 4 is 34.5 Å². The average molecular weight is 251 g/mol. The molecule has 1 aliphatic rings. The van der Waals surface area contributed by atoms with Gasteiger partial charge in [0.05, 0.1) is 27.7 Å². The fraction of sp³-hybridized carbons (Fsp3) is 0.200. The maximum absolute atomic E-state index is 12.0. The summed E-state index contributed by atoms with van der Waals surface area (Å²) in [6.45, 7) is 0.302.